The smallest absolute Gasteiger partial charge is 0.303 e. The number of benzene rings is 1. The van der Waals surface area contributed by atoms with E-state index < -0.39 is 17.0 Å². The molecule has 8 nitrogen and oxygen atoms in total. The Morgan fingerprint density at radius 1 is 1.48 bits per heavy atom. The number of carbonyl (C=O) groups is 2. The summed E-state index contributed by atoms with van der Waals surface area (Å²) in [7, 11) is 0. The molecule has 0 bridgehead atoms. The summed E-state index contributed by atoms with van der Waals surface area (Å²) in [4.78, 5) is 35.0. The number of hydrogen-bond acceptors (Lipinski definition) is 5. The SMILES string of the molecule is CC(C)C1Oc2ccc([N+](=O)[O-])cc2N(CCCC(=O)O)C1=O. The Morgan fingerprint density at radius 3 is 2.74 bits per heavy atom. The minimum absolute atomic E-state index is 0.0761. The molecule has 1 heterocycles. The number of aliphatic carboxylic acids is 1. The lowest BCUT2D eigenvalue weighted by molar-refractivity contribution is -0.384. The molecule has 8 heteroatoms. The van der Waals surface area contributed by atoms with Gasteiger partial charge in [-0.05, 0) is 18.4 Å². The number of hydrogen-bond donors (Lipinski definition) is 1. The number of carbonyl (C=O) groups excluding carboxylic acids is 1. The molecule has 1 aromatic carbocycles. The molecular formula is C15H18N2O6. The van der Waals surface area contributed by atoms with Crippen molar-refractivity contribution in [2.45, 2.75) is 32.8 Å². The van der Waals surface area contributed by atoms with Crippen LogP contribution >= 0.6 is 0 Å². The maximum Gasteiger partial charge on any atom is 0.303 e. The second-order valence-corrected chi connectivity index (χ2v) is 5.68. The Labute approximate surface area is 132 Å². The molecular weight excluding hydrogens is 304 g/mol. The van der Waals surface area contributed by atoms with Gasteiger partial charge in [-0.3, -0.25) is 19.7 Å². The lowest BCUT2D eigenvalue weighted by Gasteiger charge is -2.35. The number of fused-ring (bicyclic) bond motifs is 1. The van der Waals surface area contributed by atoms with Crippen LogP contribution in [0.1, 0.15) is 26.7 Å². The Balaban J connectivity index is 2.36. The molecule has 1 atom stereocenters. The number of non-ortho nitro benzene ring substituents is 1. The van der Waals surface area contributed by atoms with Crippen molar-refractivity contribution in [1.82, 2.24) is 0 Å². The summed E-state index contributed by atoms with van der Waals surface area (Å²) in [6, 6.07) is 4.07. The first-order chi connectivity index (χ1) is 10.8. The Bertz CT molecular complexity index is 643. The minimum atomic E-state index is -0.953. The second-order valence-electron chi connectivity index (χ2n) is 5.68. The number of nitro benzene ring substituents is 1. The van der Waals surface area contributed by atoms with Crippen molar-refractivity contribution < 1.29 is 24.4 Å². The number of ether oxygens (including phenoxy) is 1. The zero-order valence-electron chi connectivity index (χ0n) is 12.9. The van der Waals surface area contributed by atoms with Crippen LogP contribution in [0.4, 0.5) is 11.4 Å². The summed E-state index contributed by atoms with van der Waals surface area (Å²) in [5, 5.41) is 19.7. The van der Waals surface area contributed by atoms with E-state index in [9.17, 15) is 19.7 Å². The molecule has 124 valence electrons. The van der Waals surface area contributed by atoms with Gasteiger partial charge in [-0.1, -0.05) is 13.8 Å². The molecule has 0 aromatic heterocycles. The molecule has 23 heavy (non-hydrogen) atoms. The van der Waals surface area contributed by atoms with E-state index in [-0.39, 0.29) is 36.9 Å². The minimum Gasteiger partial charge on any atom is -0.481 e. The molecule has 1 unspecified atom stereocenters. The largest absolute Gasteiger partial charge is 0.481 e. The van der Waals surface area contributed by atoms with Crippen LogP contribution in [0.3, 0.4) is 0 Å². The molecule has 1 aliphatic rings. The van der Waals surface area contributed by atoms with E-state index >= 15 is 0 Å². The van der Waals surface area contributed by atoms with Gasteiger partial charge in [0.05, 0.1) is 10.6 Å². The zero-order chi connectivity index (χ0) is 17.1. The van der Waals surface area contributed by atoms with Gasteiger partial charge in [0.2, 0.25) is 0 Å². The van der Waals surface area contributed by atoms with E-state index in [2.05, 4.69) is 0 Å². The first kappa shape index (κ1) is 16.7. The van der Waals surface area contributed by atoms with Crippen molar-refractivity contribution in [2.75, 3.05) is 11.4 Å². The fourth-order valence-corrected chi connectivity index (χ4v) is 2.43. The molecule has 0 aliphatic carbocycles. The van der Waals surface area contributed by atoms with E-state index in [1.165, 1.54) is 23.1 Å². The second kappa shape index (κ2) is 6.64. The van der Waals surface area contributed by atoms with Gasteiger partial charge >= 0.3 is 5.97 Å². The lowest BCUT2D eigenvalue weighted by Crippen LogP contribution is -2.48. The van der Waals surface area contributed by atoms with Crippen LogP contribution in [0.2, 0.25) is 0 Å². The highest BCUT2D eigenvalue weighted by atomic mass is 16.6. The van der Waals surface area contributed by atoms with E-state index in [0.29, 0.717) is 11.4 Å². The molecule has 0 fully saturated rings. The number of carboxylic acid groups (broad SMARTS) is 1. The molecule has 1 amide bonds. The van der Waals surface area contributed by atoms with Gasteiger partial charge in [-0.25, -0.2) is 0 Å². The number of carboxylic acids is 1. The van der Waals surface area contributed by atoms with Crippen molar-refractivity contribution in [2.24, 2.45) is 5.92 Å². The van der Waals surface area contributed by atoms with E-state index in [1.54, 1.807) is 0 Å². The monoisotopic (exact) mass is 322 g/mol. The predicted molar refractivity (Wildman–Crippen MR) is 81.6 cm³/mol. The van der Waals surface area contributed by atoms with E-state index in [0.717, 1.165) is 0 Å². The normalized spacial score (nSPS) is 16.9. The summed E-state index contributed by atoms with van der Waals surface area (Å²) < 4.78 is 5.67. The quantitative estimate of drug-likeness (QED) is 0.635. The van der Waals surface area contributed by atoms with Crippen LogP contribution in [-0.4, -0.2) is 34.6 Å². The van der Waals surface area contributed by atoms with Crippen molar-refractivity contribution in [3.63, 3.8) is 0 Å². The van der Waals surface area contributed by atoms with Crippen molar-refractivity contribution in [3.8, 4) is 5.75 Å². The van der Waals surface area contributed by atoms with E-state index in [1.807, 2.05) is 13.8 Å². The summed E-state index contributed by atoms with van der Waals surface area (Å²) >= 11 is 0. The summed E-state index contributed by atoms with van der Waals surface area (Å²) in [6.45, 7) is 3.86. The summed E-state index contributed by atoms with van der Waals surface area (Å²) in [5.74, 6) is -0.944. The molecule has 1 aliphatic heterocycles. The number of amides is 1. The van der Waals surface area contributed by atoms with E-state index in [4.69, 9.17) is 9.84 Å². The van der Waals surface area contributed by atoms with Gasteiger partial charge < -0.3 is 14.7 Å². The highest BCUT2D eigenvalue weighted by molar-refractivity contribution is 6.00. The first-order valence-electron chi connectivity index (χ1n) is 7.29. The summed E-state index contributed by atoms with van der Waals surface area (Å²) in [5.41, 5.74) is 0.165. The summed E-state index contributed by atoms with van der Waals surface area (Å²) in [6.07, 6.45) is -0.510. The van der Waals surface area contributed by atoms with Crippen molar-refractivity contribution in [3.05, 3.63) is 28.3 Å². The Hall–Kier alpha value is -2.64. The third-order valence-corrected chi connectivity index (χ3v) is 3.59. The highest BCUT2D eigenvalue weighted by Gasteiger charge is 2.36. The van der Waals surface area contributed by atoms with Crippen LogP contribution in [0.15, 0.2) is 18.2 Å². The number of nitro groups is 1. The molecule has 1 N–H and O–H groups in total. The standard InChI is InChI=1S/C15H18N2O6/c1-9(2)14-15(20)16(7-3-4-13(18)19)11-8-10(17(21)22)5-6-12(11)23-14/h5-6,8-9,14H,3-4,7H2,1-2H3,(H,18,19). The molecule has 0 saturated heterocycles. The highest BCUT2D eigenvalue weighted by Crippen LogP contribution is 2.38. The number of rotatable bonds is 6. The van der Waals surface area contributed by atoms with Crippen LogP contribution < -0.4 is 9.64 Å². The van der Waals surface area contributed by atoms with Crippen LogP contribution in [0.5, 0.6) is 5.75 Å². The van der Waals surface area contributed by atoms with Gasteiger partial charge in [-0.2, -0.15) is 0 Å². The Kier molecular flexibility index (Phi) is 4.83. The van der Waals surface area contributed by atoms with Crippen molar-refractivity contribution in [1.29, 1.82) is 0 Å². The van der Waals surface area contributed by atoms with Crippen LogP contribution in [0, 0.1) is 16.0 Å². The average Bonchev–Trinajstić information content (AvgIpc) is 2.47. The number of anilines is 1. The third kappa shape index (κ3) is 3.58. The molecule has 1 aromatic rings. The Morgan fingerprint density at radius 2 is 2.17 bits per heavy atom. The van der Waals surface area contributed by atoms with Crippen LogP contribution in [-0.2, 0) is 9.59 Å². The molecule has 0 saturated carbocycles. The maximum atomic E-state index is 12.6. The van der Waals surface area contributed by atoms with Gasteiger partial charge in [-0.15, -0.1) is 0 Å². The first-order valence-corrected chi connectivity index (χ1v) is 7.29. The van der Waals surface area contributed by atoms with Crippen molar-refractivity contribution >= 4 is 23.3 Å². The average molecular weight is 322 g/mol. The fraction of sp³-hybridized carbons (Fsp3) is 0.467. The van der Waals surface area contributed by atoms with Crippen LogP contribution in [0.25, 0.3) is 0 Å². The molecule has 0 radical (unpaired) electrons. The van der Waals surface area contributed by atoms with Gasteiger partial charge in [0.25, 0.3) is 11.6 Å². The zero-order valence-corrected chi connectivity index (χ0v) is 12.9. The predicted octanol–water partition coefficient (Wildman–Crippen LogP) is 2.21. The lowest BCUT2D eigenvalue weighted by atomic mass is 10.0. The van der Waals surface area contributed by atoms with Gasteiger partial charge in [0.15, 0.2) is 6.10 Å². The van der Waals surface area contributed by atoms with Gasteiger partial charge in [0, 0.05) is 25.1 Å². The third-order valence-electron chi connectivity index (χ3n) is 3.59. The van der Waals surface area contributed by atoms with Gasteiger partial charge in [0.1, 0.15) is 5.75 Å². The fourth-order valence-electron chi connectivity index (χ4n) is 2.43. The molecule has 0 spiro atoms. The maximum absolute atomic E-state index is 12.6. The molecule has 2 rings (SSSR count). The topological polar surface area (TPSA) is 110 Å². The number of nitrogens with zero attached hydrogens (tertiary/aromatic N) is 2.